The first-order valence-electron chi connectivity index (χ1n) is 12.3. The van der Waals surface area contributed by atoms with Crippen molar-refractivity contribution >= 4 is 34.6 Å². The van der Waals surface area contributed by atoms with Crippen molar-refractivity contribution in [1.82, 2.24) is 34.8 Å². The van der Waals surface area contributed by atoms with Crippen molar-refractivity contribution in [2.24, 2.45) is 0 Å². The molecular formula is C27H23FN8O3. The molecule has 196 valence electrons. The second-order valence-corrected chi connectivity index (χ2v) is 8.96. The quantitative estimate of drug-likeness (QED) is 0.358. The van der Waals surface area contributed by atoms with Crippen LogP contribution in [0.1, 0.15) is 5.56 Å². The molecule has 2 N–H and O–H groups in total. The number of carbonyl (C=O) groups excluding carboxylic acids is 2. The van der Waals surface area contributed by atoms with E-state index in [4.69, 9.17) is 4.74 Å². The van der Waals surface area contributed by atoms with Crippen LogP contribution in [0.15, 0.2) is 72.9 Å². The van der Waals surface area contributed by atoms with Gasteiger partial charge in [0.25, 0.3) is 0 Å². The number of ether oxygens (including phenoxy) is 1. The van der Waals surface area contributed by atoms with Gasteiger partial charge in [-0.05, 0) is 29.8 Å². The molecule has 0 radical (unpaired) electrons. The fourth-order valence-corrected chi connectivity index (χ4v) is 4.35. The molecule has 1 saturated heterocycles. The number of nitrogens with one attached hydrogen (secondary N) is 2. The van der Waals surface area contributed by atoms with Gasteiger partial charge in [-0.25, -0.2) is 19.2 Å². The number of hydrogen-bond acceptors (Lipinski definition) is 8. The molecule has 5 aromatic rings. The second-order valence-electron chi connectivity index (χ2n) is 8.96. The van der Waals surface area contributed by atoms with Gasteiger partial charge >= 0.3 is 6.09 Å². The Bertz CT molecular complexity index is 1680. The van der Waals surface area contributed by atoms with E-state index in [0.29, 0.717) is 22.2 Å². The number of anilines is 1. The summed E-state index contributed by atoms with van der Waals surface area (Å²) in [4.78, 5) is 40.9. The van der Waals surface area contributed by atoms with Crippen molar-refractivity contribution in [2.75, 3.05) is 25.0 Å². The van der Waals surface area contributed by atoms with Crippen molar-refractivity contribution in [3.8, 4) is 11.4 Å². The first-order valence-corrected chi connectivity index (χ1v) is 12.3. The lowest BCUT2D eigenvalue weighted by Gasteiger charge is -2.23. The average Bonchev–Trinajstić information content (AvgIpc) is 3.33. The fourth-order valence-electron chi connectivity index (χ4n) is 4.35. The summed E-state index contributed by atoms with van der Waals surface area (Å²) in [6.45, 7) is 0.723. The minimum atomic E-state index is -0.858. The lowest BCUT2D eigenvalue weighted by molar-refractivity contribution is -0.121. The van der Waals surface area contributed by atoms with E-state index in [-0.39, 0.29) is 43.9 Å². The van der Waals surface area contributed by atoms with Gasteiger partial charge in [0.05, 0.1) is 12.1 Å². The van der Waals surface area contributed by atoms with Gasteiger partial charge in [0.1, 0.15) is 24.0 Å². The van der Waals surface area contributed by atoms with Gasteiger partial charge < -0.3 is 20.3 Å². The maximum absolute atomic E-state index is 13.9. The van der Waals surface area contributed by atoms with E-state index in [0.717, 1.165) is 5.56 Å². The second kappa shape index (κ2) is 10.3. The smallest absolute Gasteiger partial charge is 0.410 e. The summed E-state index contributed by atoms with van der Waals surface area (Å²) < 4.78 is 20.8. The molecule has 0 saturated carbocycles. The van der Waals surface area contributed by atoms with Gasteiger partial charge in [0, 0.05) is 24.8 Å². The van der Waals surface area contributed by atoms with Crippen LogP contribution in [0.25, 0.3) is 28.1 Å². The summed E-state index contributed by atoms with van der Waals surface area (Å²) in [5.41, 5.74) is 2.75. The number of hydrogen-bond donors (Lipinski definition) is 2. The first-order chi connectivity index (χ1) is 19.0. The molecule has 0 bridgehead atoms. The molecule has 1 aliphatic heterocycles. The Balaban J connectivity index is 1.31. The highest BCUT2D eigenvalue weighted by atomic mass is 19.1. The van der Waals surface area contributed by atoms with Crippen LogP contribution >= 0.6 is 0 Å². The van der Waals surface area contributed by atoms with E-state index in [2.05, 4.69) is 30.7 Å². The van der Waals surface area contributed by atoms with Crippen LogP contribution in [0.4, 0.5) is 15.1 Å². The van der Waals surface area contributed by atoms with Gasteiger partial charge in [-0.3, -0.25) is 9.78 Å². The highest BCUT2D eigenvalue weighted by molar-refractivity contribution is 5.90. The van der Waals surface area contributed by atoms with E-state index in [1.165, 1.54) is 21.5 Å². The molecule has 11 nitrogen and oxygen atoms in total. The maximum Gasteiger partial charge on any atom is 0.410 e. The molecule has 6 rings (SSSR count). The molecule has 3 aromatic heterocycles. The minimum absolute atomic E-state index is 0.0408. The van der Waals surface area contributed by atoms with Crippen LogP contribution < -0.4 is 10.6 Å². The molecule has 4 heterocycles. The number of rotatable bonds is 5. The number of fused-ring (bicyclic) bond motifs is 3. The van der Waals surface area contributed by atoms with Crippen molar-refractivity contribution in [1.29, 1.82) is 0 Å². The van der Waals surface area contributed by atoms with E-state index in [9.17, 15) is 14.0 Å². The molecule has 1 aliphatic rings. The summed E-state index contributed by atoms with van der Waals surface area (Å²) in [7, 11) is 0. The Labute approximate surface area is 221 Å². The van der Waals surface area contributed by atoms with E-state index in [1.807, 2.05) is 30.3 Å². The third kappa shape index (κ3) is 5.04. The standard InChI is InChI=1S/C27H23FN8O3/c28-19-9-4-8-18(14-19)23-33-24-22-20(10-5-11-29-22)31-26(36(24)34-23)32-21-15-35(13-12-30-25(21)37)27(38)39-16-17-6-2-1-3-7-17/h1-11,14,21H,12-13,15-16H2,(H,30,37)(H,31,32)/t21-/m1/s1. The van der Waals surface area contributed by atoms with Gasteiger partial charge in [-0.15, -0.1) is 5.10 Å². The molecular weight excluding hydrogens is 503 g/mol. The third-order valence-corrected chi connectivity index (χ3v) is 6.28. The molecule has 39 heavy (non-hydrogen) atoms. The Morgan fingerprint density at radius 3 is 2.82 bits per heavy atom. The van der Waals surface area contributed by atoms with Crippen LogP contribution in [-0.4, -0.2) is 67.1 Å². The van der Waals surface area contributed by atoms with Crippen LogP contribution in [-0.2, 0) is 16.1 Å². The van der Waals surface area contributed by atoms with Crippen molar-refractivity contribution in [3.63, 3.8) is 0 Å². The molecule has 1 fully saturated rings. The summed E-state index contributed by atoms with van der Waals surface area (Å²) in [6, 6.07) is 18.0. The maximum atomic E-state index is 13.9. The van der Waals surface area contributed by atoms with E-state index >= 15 is 0 Å². The molecule has 0 spiro atoms. The Morgan fingerprint density at radius 2 is 1.97 bits per heavy atom. The Morgan fingerprint density at radius 1 is 1.10 bits per heavy atom. The predicted octanol–water partition coefficient (Wildman–Crippen LogP) is 3.03. The SMILES string of the molecule is O=C1NCCN(C(=O)OCc2ccccc2)C[C@H]1Nc1nc2cccnc2c2nc(-c3cccc(F)c3)nn12. The predicted molar refractivity (Wildman–Crippen MR) is 140 cm³/mol. The van der Waals surface area contributed by atoms with Gasteiger partial charge in [0.15, 0.2) is 11.5 Å². The number of aromatic nitrogens is 5. The Hall–Kier alpha value is -5.13. The Kier molecular flexibility index (Phi) is 6.41. The number of carbonyl (C=O) groups is 2. The van der Waals surface area contributed by atoms with Crippen LogP contribution in [0.2, 0.25) is 0 Å². The van der Waals surface area contributed by atoms with E-state index < -0.39 is 18.0 Å². The number of nitrogens with zero attached hydrogens (tertiary/aromatic N) is 6. The van der Waals surface area contributed by atoms with Crippen LogP contribution in [0.3, 0.4) is 0 Å². The van der Waals surface area contributed by atoms with Crippen molar-refractivity contribution in [3.05, 3.63) is 84.3 Å². The molecule has 0 unspecified atom stereocenters. The zero-order chi connectivity index (χ0) is 26.8. The topological polar surface area (TPSA) is 127 Å². The third-order valence-electron chi connectivity index (χ3n) is 6.28. The van der Waals surface area contributed by atoms with Gasteiger partial charge in [0.2, 0.25) is 11.9 Å². The average molecular weight is 527 g/mol. The molecule has 12 heteroatoms. The zero-order valence-electron chi connectivity index (χ0n) is 20.6. The monoisotopic (exact) mass is 526 g/mol. The van der Waals surface area contributed by atoms with Gasteiger partial charge in [-0.2, -0.15) is 4.52 Å². The zero-order valence-corrected chi connectivity index (χ0v) is 20.6. The number of halogens is 1. The van der Waals surface area contributed by atoms with Crippen LogP contribution in [0.5, 0.6) is 0 Å². The largest absolute Gasteiger partial charge is 0.445 e. The molecule has 0 aliphatic carbocycles. The highest BCUT2D eigenvalue weighted by Crippen LogP contribution is 2.24. The molecule has 1 atom stereocenters. The summed E-state index contributed by atoms with van der Waals surface area (Å²) in [5, 5.41) is 10.5. The fraction of sp³-hybridized carbons (Fsp3) is 0.185. The molecule has 2 amide bonds. The van der Waals surface area contributed by atoms with Gasteiger partial charge in [-0.1, -0.05) is 42.5 Å². The van der Waals surface area contributed by atoms with Crippen molar-refractivity contribution in [2.45, 2.75) is 12.6 Å². The summed E-state index contributed by atoms with van der Waals surface area (Å²) >= 11 is 0. The van der Waals surface area contributed by atoms with E-state index in [1.54, 1.807) is 30.5 Å². The lowest BCUT2D eigenvalue weighted by atomic mass is 10.2. The van der Waals surface area contributed by atoms with Crippen molar-refractivity contribution < 1.29 is 18.7 Å². The first kappa shape index (κ1) is 24.2. The molecule has 2 aromatic carbocycles. The normalized spacial score (nSPS) is 15.7. The lowest BCUT2D eigenvalue weighted by Crippen LogP contribution is -2.44. The number of pyridine rings is 1. The minimum Gasteiger partial charge on any atom is -0.445 e. The summed E-state index contributed by atoms with van der Waals surface area (Å²) in [5.74, 6) is -0.227. The highest BCUT2D eigenvalue weighted by Gasteiger charge is 2.30. The van der Waals surface area contributed by atoms with Crippen LogP contribution in [0, 0.1) is 5.82 Å². The number of benzene rings is 2. The summed E-state index contributed by atoms with van der Waals surface area (Å²) in [6.07, 6.45) is 1.09. The number of amides is 2.